The van der Waals surface area contributed by atoms with Gasteiger partial charge in [-0.25, -0.2) is 0 Å². The van der Waals surface area contributed by atoms with Crippen molar-refractivity contribution in [2.24, 2.45) is 0 Å². The molecule has 0 radical (unpaired) electrons. The molecule has 0 amide bonds. The van der Waals surface area contributed by atoms with E-state index in [1.807, 2.05) is 0 Å². The van der Waals surface area contributed by atoms with Crippen molar-refractivity contribution in [3.8, 4) is 0 Å². The minimum atomic E-state index is -0.833. The van der Waals surface area contributed by atoms with Crippen LogP contribution in [-0.4, -0.2) is 33.2 Å². The van der Waals surface area contributed by atoms with Gasteiger partial charge in [-0.1, -0.05) is 70.3 Å². The van der Waals surface area contributed by atoms with Crippen molar-refractivity contribution in [3.63, 3.8) is 0 Å². The average molecular weight is 415 g/mol. The quantitative estimate of drug-likeness (QED) is 0.209. The molecular formula is C23H42O6. The molecule has 0 aromatic carbocycles. The largest absolute Gasteiger partial charge is 0.481 e. The van der Waals surface area contributed by atoms with E-state index in [0.29, 0.717) is 6.42 Å². The molecule has 3 N–H and O–H groups in total. The summed E-state index contributed by atoms with van der Waals surface area (Å²) in [4.78, 5) is 28.7. The molecule has 0 fully saturated rings. The van der Waals surface area contributed by atoms with Gasteiger partial charge in [-0.2, -0.15) is 0 Å². The number of unbranched alkanes of at least 4 members (excludes halogenated alkanes) is 8. The van der Waals surface area contributed by atoms with Gasteiger partial charge in [0.15, 0.2) is 0 Å². The first-order valence-corrected chi connectivity index (χ1v) is 10.7. The number of hydrogen-bond acceptors (Lipinski definition) is 3. The van der Waals surface area contributed by atoms with Gasteiger partial charge in [0.05, 0.1) is 0 Å². The summed E-state index contributed by atoms with van der Waals surface area (Å²) in [5, 5.41) is 23.6. The number of aliphatic carboxylic acids is 3. The first-order valence-electron chi connectivity index (χ1n) is 10.7. The van der Waals surface area contributed by atoms with Gasteiger partial charge in [0.1, 0.15) is 0 Å². The molecule has 0 aliphatic rings. The summed E-state index contributed by atoms with van der Waals surface area (Å²) in [6.07, 6.45) is 22.5. The normalized spacial score (nSPS) is 10.2. The van der Waals surface area contributed by atoms with E-state index in [4.69, 9.17) is 20.1 Å². The van der Waals surface area contributed by atoms with Crippen molar-refractivity contribution < 1.29 is 29.7 Å². The Morgan fingerprint density at radius 2 is 1.07 bits per heavy atom. The molecule has 0 saturated heterocycles. The summed E-state index contributed by atoms with van der Waals surface area (Å²) in [5.74, 6) is -2.25. The van der Waals surface area contributed by atoms with Crippen LogP contribution >= 0.6 is 0 Å². The predicted molar refractivity (Wildman–Crippen MR) is 118 cm³/mol. The Morgan fingerprint density at radius 3 is 1.48 bits per heavy atom. The fourth-order valence-corrected chi connectivity index (χ4v) is 2.09. The van der Waals surface area contributed by atoms with E-state index in [1.165, 1.54) is 44.9 Å². The highest BCUT2D eigenvalue weighted by Gasteiger charge is 1.95. The number of allylic oxidation sites excluding steroid dienone is 4. The third-order valence-electron chi connectivity index (χ3n) is 3.64. The molecule has 0 aromatic rings. The third kappa shape index (κ3) is 51.8. The van der Waals surface area contributed by atoms with Crippen LogP contribution in [0.3, 0.4) is 0 Å². The molecule has 0 unspecified atom stereocenters. The molecule has 0 rings (SSSR count). The fraction of sp³-hybridized carbons (Fsp3) is 0.696. The Morgan fingerprint density at radius 1 is 0.655 bits per heavy atom. The Kier molecular flexibility index (Phi) is 30.6. The monoisotopic (exact) mass is 414 g/mol. The van der Waals surface area contributed by atoms with Gasteiger partial charge in [0.25, 0.3) is 5.97 Å². The third-order valence-corrected chi connectivity index (χ3v) is 3.64. The highest BCUT2D eigenvalue weighted by atomic mass is 16.4. The van der Waals surface area contributed by atoms with Crippen LogP contribution in [0.4, 0.5) is 0 Å². The van der Waals surface area contributed by atoms with Crippen LogP contribution in [0.15, 0.2) is 24.3 Å². The van der Waals surface area contributed by atoms with Gasteiger partial charge in [0, 0.05) is 19.8 Å². The molecule has 170 valence electrons. The number of rotatable bonds is 15. The SMILES string of the molecule is CC(=O)O.CCC(=O)O.CCCCC/C=C\C/C=C\CCCCCCCC(=O)O. The van der Waals surface area contributed by atoms with Gasteiger partial charge >= 0.3 is 11.9 Å². The Balaban J connectivity index is -0.000000623. The Labute approximate surface area is 176 Å². The summed E-state index contributed by atoms with van der Waals surface area (Å²) in [7, 11) is 0. The van der Waals surface area contributed by atoms with E-state index in [-0.39, 0.29) is 6.42 Å². The molecule has 0 spiro atoms. The predicted octanol–water partition coefficient (Wildman–Crippen LogP) is 6.46. The maximum atomic E-state index is 10.3. The van der Waals surface area contributed by atoms with E-state index in [0.717, 1.165) is 32.6 Å². The number of carbonyl (C=O) groups is 3. The number of carboxylic acids is 3. The topological polar surface area (TPSA) is 112 Å². The molecule has 0 aliphatic heterocycles. The highest BCUT2D eigenvalue weighted by molar-refractivity contribution is 5.66. The smallest absolute Gasteiger partial charge is 0.303 e. The Bertz CT molecular complexity index is 437. The van der Waals surface area contributed by atoms with E-state index in [1.54, 1.807) is 6.92 Å². The van der Waals surface area contributed by atoms with Crippen LogP contribution in [0.5, 0.6) is 0 Å². The number of carboxylic acid groups (broad SMARTS) is 3. The standard InChI is InChI=1S/C18H32O2.C3H6O2.C2H4O2/c1-2-3-4-5-6-7-8-9-10-11-12-13-14-15-16-17-18(19)20;1-2-3(4)5;1-2(3)4/h6-7,9-10H,2-5,8,11-17H2,1H3,(H,19,20);2H2,1H3,(H,4,5);1H3,(H,3,4)/b7-6-,10-9-;;. The molecule has 0 atom stereocenters. The Hall–Kier alpha value is -2.11. The number of hydrogen-bond donors (Lipinski definition) is 3. The second-order valence-electron chi connectivity index (χ2n) is 6.64. The zero-order valence-electron chi connectivity index (χ0n) is 18.6. The molecule has 0 saturated carbocycles. The van der Waals surface area contributed by atoms with Gasteiger partial charge in [-0.3, -0.25) is 14.4 Å². The average Bonchev–Trinajstić information content (AvgIpc) is 2.64. The lowest BCUT2D eigenvalue weighted by Crippen LogP contribution is -1.93. The van der Waals surface area contributed by atoms with Crippen molar-refractivity contribution in [1.82, 2.24) is 0 Å². The highest BCUT2D eigenvalue weighted by Crippen LogP contribution is 2.08. The van der Waals surface area contributed by atoms with E-state index in [9.17, 15) is 9.59 Å². The van der Waals surface area contributed by atoms with E-state index >= 15 is 0 Å². The molecule has 6 heteroatoms. The van der Waals surface area contributed by atoms with Crippen molar-refractivity contribution in [2.75, 3.05) is 0 Å². The molecule has 0 aromatic heterocycles. The van der Waals surface area contributed by atoms with Crippen molar-refractivity contribution in [1.29, 1.82) is 0 Å². The summed E-state index contributed by atoms with van der Waals surface area (Å²) in [5.41, 5.74) is 0. The zero-order valence-corrected chi connectivity index (χ0v) is 18.6. The first-order chi connectivity index (χ1) is 13.8. The fourth-order valence-electron chi connectivity index (χ4n) is 2.09. The lowest BCUT2D eigenvalue weighted by molar-refractivity contribution is -0.137. The van der Waals surface area contributed by atoms with E-state index in [2.05, 4.69) is 31.2 Å². The summed E-state index contributed by atoms with van der Waals surface area (Å²) in [6.45, 7) is 4.92. The van der Waals surface area contributed by atoms with Crippen LogP contribution in [0.1, 0.15) is 104 Å². The molecule has 0 heterocycles. The van der Waals surface area contributed by atoms with Gasteiger partial charge in [-0.05, 0) is 38.5 Å². The second-order valence-corrected chi connectivity index (χ2v) is 6.64. The maximum absolute atomic E-state index is 10.3. The molecule has 0 aliphatic carbocycles. The lowest BCUT2D eigenvalue weighted by Gasteiger charge is -1.98. The van der Waals surface area contributed by atoms with Crippen LogP contribution < -0.4 is 0 Å². The molecule has 0 bridgehead atoms. The summed E-state index contributed by atoms with van der Waals surface area (Å²) in [6, 6.07) is 0. The minimum Gasteiger partial charge on any atom is -0.481 e. The minimum absolute atomic E-state index is 0.222. The zero-order chi connectivity index (χ0) is 22.8. The van der Waals surface area contributed by atoms with Gasteiger partial charge in [-0.15, -0.1) is 0 Å². The lowest BCUT2D eigenvalue weighted by atomic mass is 10.1. The maximum Gasteiger partial charge on any atom is 0.303 e. The van der Waals surface area contributed by atoms with Crippen LogP contribution in [0, 0.1) is 0 Å². The van der Waals surface area contributed by atoms with Crippen LogP contribution in [0.25, 0.3) is 0 Å². The molecule has 6 nitrogen and oxygen atoms in total. The van der Waals surface area contributed by atoms with Crippen molar-refractivity contribution in [2.45, 2.75) is 104 Å². The molecule has 29 heavy (non-hydrogen) atoms. The summed E-state index contributed by atoms with van der Waals surface area (Å²) >= 11 is 0. The van der Waals surface area contributed by atoms with Crippen LogP contribution in [0.2, 0.25) is 0 Å². The summed E-state index contributed by atoms with van der Waals surface area (Å²) < 4.78 is 0. The van der Waals surface area contributed by atoms with Gasteiger partial charge < -0.3 is 15.3 Å². The molecular weight excluding hydrogens is 372 g/mol. The van der Waals surface area contributed by atoms with E-state index < -0.39 is 17.9 Å². The van der Waals surface area contributed by atoms with Crippen LogP contribution in [-0.2, 0) is 14.4 Å². The van der Waals surface area contributed by atoms with Gasteiger partial charge in [0.2, 0.25) is 0 Å². The van der Waals surface area contributed by atoms with Crippen molar-refractivity contribution in [3.05, 3.63) is 24.3 Å². The second kappa shape index (κ2) is 28.1. The first kappa shape index (κ1) is 31.6. The van der Waals surface area contributed by atoms with Crippen molar-refractivity contribution >= 4 is 17.9 Å².